The highest BCUT2D eigenvalue weighted by Gasteiger charge is 2.16. The molecule has 0 aliphatic heterocycles. The molecule has 0 spiro atoms. The van der Waals surface area contributed by atoms with E-state index in [9.17, 15) is 9.59 Å². The summed E-state index contributed by atoms with van der Waals surface area (Å²) < 4.78 is 0. The van der Waals surface area contributed by atoms with E-state index in [1.54, 1.807) is 24.3 Å². The third-order valence-corrected chi connectivity index (χ3v) is 2.26. The molecule has 0 bridgehead atoms. The molecular weight excluding hydrogens is 242 g/mol. The van der Waals surface area contributed by atoms with Crippen LogP contribution in [0.25, 0.3) is 0 Å². The summed E-state index contributed by atoms with van der Waals surface area (Å²) in [5.74, 6) is 4.02. The molecule has 0 fully saturated rings. The Morgan fingerprint density at radius 1 is 1.37 bits per heavy atom. The van der Waals surface area contributed by atoms with Crippen LogP contribution < -0.4 is 16.4 Å². The fraction of sp³-hybridized carbons (Fsp3) is 0.143. The maximum atomic E-state index is 11.7. The third-order valence-electron chi connectivity index (χ3n) is 2.26. The van der Waals surface area contributed by atoms with E-state index in [2.05, 4.69) is 22.5 Å². The Balaban J connectivity index is 2.67. The standard InChI is InChI=1S/C14H13N3O2/c1-3-6-12(13(15)18)17-14(19)16-11-8-5-7-10(4-2)9-11/h1-2,5,7-9,12H,6H2,(H2,15,18)(H2,16,17,19). The van der Waals surface area contributed by atoms with Gasteiger partial charge in [0.1, 0.15) is 6.04 Å². The Bertz CT molecular complexity index is 567. The molecule has 0 aliphatic rings. The first-order chi connectivity index (χ1) is 9.06. The molecule has 96 valence electrons. The molecule has 0 heterocycles. The van der Waals surface area contributed by atoms with E-state index in [4.69, 9.17) is 18.6 Å². The second kappa shape index (κ2) is 6.73. The van der Waals surface area contributed by atoms with E-state index < -0.39 is 18.0 Å². The zero-order chi connectivity index (χ0) is 14.3. The van der Waals surface area contributed by atoms with Crippen LogP contribution in [0, 0.1) is 24.7 Å². The van der Waals surface area contributed by atoms with Gasteiger partial charge < -0.3 is 16.4 Å². The molecule has 1 aromatic carbocycles. The van der Waals surface area contributed by atoms with Crippen molar-refractivity contribution in [3.05, 3.63) is 29.8 Å². The van der Waals surface area contributed by atoms with Crippen LogP contribution >= 0.6 is 0 Å². The minimum absolute atomic E-state index is 0.0349. The number of terminal acetylenes is 2. The number of carbonyl (C=O) groups excluding carboxylic acids is 2. The molecule has 19 heavy (non-hydrogen) atoms. The first-order valence-electron chi connectivity index (χ1n) is 5.43. The van der Waals surface area contributed by atoms with Gasteiger partial charge in [0.05, 0.1) is 0 Å². The molecule has 3 amide bonds. The zero-order valence-corrected chi connectivity index (χ0v) is 10.1. The van der Waals surface area contributed by atoms with Gasteiger partial charge in [0.25, 0.3) is 0 Å². The molecule has 1 atom stereocenters. The van der Waals surface area contributed by atoms with Crippen molar-refractivity contribution in [1.82, 2.24) is 5.32 Å². The Kier molecular flexibility index (Phi) is 5.01. The summed E-state index contributed by atoms with van der Waals surface area (Å²) in [4.78, 5) is 22.7. The van der Waals surface area contributed by atoms with Crippen LogP contribution in [-0.2, 0) is 4.79 Å². The van der Waals surface area contributed by atoms with Gasteiger partial charge in [0.2, 0.25) is 5.91 Å². The zero-order valence-electron chi connectivity index (χ0n) is 10.1. The van der Waals surface area contributed by atoms with Crippen molar-refractivity contribution in [3.63, 3.8) is 0 Å². The predicted octanol–water partition coefficient (Wildman–Crippen LogP) is 0.667. The Morgan fingerprint density at radius 3 is 2.68 bits per heavy atom. The topological polar surface area (TPSA) is 84.2 Å². The van der Waals surface area contributed by atoms with Crippen LogP contribution in [0.15, 0.2) is 24.3 Å². The van der Waals surface area contributed by atoms with Crippen molar-refractivity contribution in [1.29, 1.82) is 0 Å². The second-order valence-corrected chi connectivity index (χ2v) is 3.69. The van der Waals surface area contributed by atoms with Crippen molar-refractivity contribution in [2.24, 2.45) is 5.73 Å². The highest BCUT2D eigenvalue weighted by atomic mass is 16.2. The lowest BCUT2D eigenvalue weighted by molar-refractivity contribution is -0.119. The Morgan fingerprint density at radius 2 is 2.11 bits per heavy atom. The van der Waals surface area contributed by atoms with Crippen LogP contribution in [0.4, 0.5) is 10.5 Å². The number of rotatable bonds is 4. The number of amides is 3. The molecule has 1 aromatic rings. The summed E-state index contributed by atoms with van der Waals surface area (Å²) in [6, 6.07) is 5.25. The van der Waals surface area contributed by atoms with Crippen LogP contribution in [-0.4, -0.2) is 18.0 Å². The van der Waals surface area contributed by atoms with Gasteiger partial charge in [-0.25, -0.2) is 4.79 Å². The van der Waals surface area contributed by atoms with Gasteiger partial charge >= 0.3 is 6.03 Å². The SMILES string of the molecule is C#CCC(NC(=O)Nc1cccc(C#C)c1)C(N)=O. The lowest BCUT2D eigenvalue weighted by Gasteiger charge is -2.13. The predicted molar refractivity (Wildman–Crippen MR) is 73.0 cm³/mol. The number of carbonyl (C=O) groups is 2. The quantitative estimate of drug-likeness (QED) is 0.691. The molecule has 0 radical (unpaired) electrons. The average molecular weight is 255 g/mol. The van der Waals surface area contributed by atoms with E-state index in [0.717, 1.165) is 0 Å². The largest absolute Gasteiger partial charge is 0.368 e. The molecule has 1 unspecified atom stereocenters. The van der Waals surface area contributed by atoms with Crippen LogP contribution in [0.5, 0.6) is 0 Å². The van der Waals surface area contributed by atoms with E-state index in [0.29, 0.717) is 11.3 Å². The Labute approximate surface area is 111 Å². The smallest absolute Gasteiger partial charge is 0.319 e. The normalized spacial score (nSPS) is 10.6. The molecular formula is C14H13N3O2. The van der Waals surface area contributed by atoms with Gasteiger partial charge in [-0.15, -0.1) is 18.8 Å². The minimum atomic E-state index is -0.902. The summed E-state index contributed by atoms with van der Waals surface area (Å²) in [6.45, 7) is 0. The van der Waals surface area contributed by atoms with Gasteiger partial charge in [0.15, 0.2) is 0 Å². The van der Waals surface area contributed by atoms with Gasteiger partial charge in [0, 0.05) is 17.7 Å². The number of urea groups is 1. The lowest BCUT2D eigenvalue weighted by atomic mass is 10.2. The van der Waals surface area contributed by atoms with Crippen molar-refractivity contribution in [3.8, 4) is 24.7 Å². The van der Waals surface area contributed by atoms with E-state index >= 15 is 0 Å². The minimum Gasteiger partial charge on any atom is -0.368 e. The van der Waals surface area contributed by atoms with Crippen molar-refractivity contribution in [2.45, 2.75) is 12.5 Å². The number of nitrogens with two attached hydrogens (primary N) is 1. The maximum absolute atomic E-state index is 11.7. The first-order valence-corrected chi connectivity index (χ1v) is 5.43. The summed E-state index contributed by atoms with van der Waals surface area (Å²) >= 11 is 0. The number of primary amides is 1. The van der Waals surface area contributed by atoms with Gasteiger partial charge in [-0.3, -0.25) is 4.79 Å². The number of hydrogen-bond acceptors (Lipinski definition) is 2. The van der Waals surface area contributed by atoms with Crippen LogP contribution in [0.3, 0.4) is 0 Å². The number of anilines is 1. The summed E-state index contributed by atoms with van der Waals surface area (Å²) in [5, 5.41) is 4.92. The molecule has 0 aliphatic carbocycles. The van der Waals surface area contributed by atoms with Crippen LogP contribution in [0.1, 0.15) is 12.0 Å². The lowest BCUT2D eigenvalue weighted by Crippen LogP contribution is -2.45. The third kappa shape index (κ3) is 4.45. The van der Waals surface area contributed by atoms with Crippen molar-refractivity contribution >= 4 is 17.6 Å². The fourth-order valence-electron chi connectivity index (χ4n) is 1.35. The average Bonchev–Trinajstić information content (AvgIpc) is 2.38. The van der Waals surface area contributed by atoms with Gasteiger partial charge in [-0.1, -0.05) is 12.0 Å². The molecule has 4 N–H and O–H groups in total. The van der Waals surface area contributed by atoms with E-state index in [-0.39, 0.29) is 6.42 Å². The van der Waals surface area contributed by atoms with E-state index in [1.165, 1.54) is 0 Å². The highest BCUT2D eigenvalue weighted by molar-refractivity contribution is 5.93. The Hall–Kier alpha value is -2.92. The molecule has 0 saturated carbocycles. The number of benzene rings is 1. The monoisotopic (exact) mass is 255 g/mol. The summed E-state index contributed by atoms with van der Waals surface area (Å²) in [6.07, 6.45) is 10.4. The van der Waals surface area contributed by atoms with Crippen molar-refractivity contribution < 1.29 is 9.59 Å². The molecule has 0 aromatic heterocycles. The second-order valence-electron chi connectivity index (χ2n) is 3.69. The number of nitrogens with one attached hydrogen (secondary N) is 2. The molecule has 0 saturated heterocycles. The highest BCUT2D eigenvalue weighted by Crippen LogP contribution is 2.09. The fourth-order valence-corrected chi connectivity index (χ4v) is 1.35. The molecule has 5 nitrogen and oxygen atoms in total. The number of hydrogen-bond donors (Lipinski definition) is 3. The summed E-state index contributed by atoms with van der Waals surface area (Å²) in [5.41, 5.74) is 6.25. The van der Waals surface area contributed by atoms with E-state index in [1.807, 2.05) is 0 Å². The van der Waals surface area contributed by atoms with Crippen LogP contribution in [0.2, 0.25) is 0 Å². The van der Waals surface area contributed by atoms with Gasteiger partial charge in [-0.05, 0) is 18.2 Å². The van der Waals surface area contributed by atoms with Crippen molar-refractivity contribution in [2.75, 3.05) is 5.32 Å². The molecule has 1 rings (SSSR count). The maximum Gasteiger partial charge on any atom is 0.319 e. The first kappa shape index (κ1) is 14.1. The molecule has 5 heteroatoms. The summed E-state index contributed by atoms with van der Waals surface area (Å²) in [7, 11) is 0. The van der Waals surface area contributed by atoms with Gasteiger partial charge in [-0.2, -0.15) is 0 Å².